The summed E-state index contributed by atoms with van der Waals surface area (Å²) in [5, 5.41) is 7.13. The van der Waals surface area contributed by atoms with Gasteiger partial charge in [0, 0.05) is 11.4 Å². The van der Waals surface area contributed by atoms with E-state index in [1.165, 1.54) is 0 Å². The first kappa shape index (κ1) is 13.5. The molecular formula is C17H22N2. The lowest BCUT2D eigenvalue weighted by Crippen LogP contribution is -2.34. The van der Waals surface area contributed by atoms with E-state index in [1.54, 1.807) is 0 Å². The second-order valence-corrected chi connectivity index (χ2v) is 4.88. The van der Waals surface area contributed by atoms with Crippen LogP contribution in [0, 0.1) is 5.92 Å². The van der Waals surface area contributed by atoms with Gasteiger partial charge in [0.05, 0.1) is 6.17 Å². The van der Waals surface area contributed by atoms with Crippen LogP contribution in [0.15, 0.2) is 60.7 Å². The molecule has 0 aliphatic carbocycles. The van der Waals surface area contributed by atoms with Crippen LogP contribution in [0.3, 0.4) is 0 Å². The van der Waals surface area contributed by atoms with E-state index < -0.39 is 0 Å². The van der Waals surface area contributed by atoms with Crippen molar-refractivity contribution < 1.29 is 0 Å². The third-order valence-corrected chi connectivity index (χ3v) is 3.40. The maximum atomic E-state index is 3.57. The quantitative estimate of drug-likeness (QED) is 0.737. The van der Waals surface area contributed by atoms with Crippen molar-refractivity contribution in [3.63, 3.8) is 0 Å². The molecule has 1 unspecified atom stereocenters. The Bertz CT molecular complexity index is 426. The highest BCUT2D eigenvalue weighted by atomic mass is 15.1. The van der Waals surface area contributed by atoms with Crippen molar-refractivity contribution in [3.05, 3.63) is 60.7 Å². The van der Waals surface area contributed by atoms with Gasteiger partial charge in [-0.2, -0.15) is 0 Å². The highest BCUT2D eigenvalue weighted by molar-refractivity contribution is 5.49. The summed E-state index contributed by atoms with van der Waals surface area (Å²) in [5.74, 6) is 0.542. The molecule has 0 aliphatic rings. The molecule has 1 atom stereocenters. The molecule has 2 aromatic rings. The monoisotopic (exact) mass is 254 g/mol. The smallest absolute Gasteiger partial charge is 0.0989 e. The van der Waals surface area contributed by atoms with Crippen molar-refractivity contribution in [2.45, 2.75) is 26.4 Å². The molecule has 0 saturated carbocycles. The number of para-hydroxylation sites is 2. The molecule has 0 saturated heterocycles. The van der Waals surface area contributed by atoms with Gasteiger partial charge in [-0.15, -0.1) is 0 Å². The van der Waals surface area contributed by atoms with Crippen LogP contribution >= 0.6 is 0 Å². The van der Waals surface area contributed by atoms with Gasteiger partial charge in [-0.1, -0.05) is 50.2 Å². The van der Waals surface area contributed by atoms with Gasteiger partial charge in [0.2, 0.25) is 0 Å². The predicted octanol–water partition coefficient (Wildman–Crippen LogP) is 4.58. The van der Waals surface area contributed by atoms with Gasteiger partial charge in [-0.25, -0.2) is 0 Å². The second kappa shape index (κ2) is 6.83. The van der Waals surface area contributed by atoms with Gasteiger partial charge in [0.1, 0.15) is 0 Å². The van der Waals surface area contributed by atoms with Crippen molar-refractivity contribution in [2.75, 3.05) is 10.6 Å². The van der Waals surface area contributed by atoms with Crippen LogP contribution in [0.25, 0.3) is 0 Å². The lowest BCUT2D eigenvalue weighted by molar-refractivity contribution is 0.503. The minimum atomic E-state index is 0.231. The normalized spacial score (nSPS) is 12.2. The van der Waals surface area contributed by atoms with Gasteiger partial charge in [-0.05, 0) is 36.6 Å². The first-order valence-electron chi connectivity index (χ1n) is 6.92. The molecule has 2 heteroatoms. The summed E-state index contributed by atoms with van der Waals surface area (Å²) in [6, 6.07) is 20.7. The number of anilines is 2. The van der Waals surface area contributed by atoms with E-state index in [-0.39, 0.29) is 6.17 Å². The molecule has 19 heavy (non-hydrogen) atoms. The summed E-state index contributed by atoms with van der Waals surface area (Å²) >= 11 is 0. The predicted molar refractivity (Wildman–Crippen MR) is 83.4 cm³/mol. The molecule has 0 aliphatic heterocycles. The minimum absolute atomic E-state index is 0.231. The van der Waals surface area contributed by atoms with Gasteiger partial charge in [-0.3, -0.25) is 0 Å². The van der Waals surface area contributed by atoms with Gasteiger partial charge < -0.3 is 10.6 Å². The van der Waals surface area contributed by atoms with Gasteiger partial charge in [0.25, 0.3) is 0 Å². The number of benzene rings is 2. The average molecular weight is 254 g/mol. The zero-order valence-corrected chi connectivity index (χ0v) is 11.6. The Morgan fingerprint density at radius 3 is 1.58 bits per heavy atom. The molecule has 2 rings (SSSR count). The van der Waals surface area contributed by atoms with Crippen LogP contribution < -0.4 is 10.6 Å². The molecule has 0 bridgehead atoms. The lowest BCUT2D eigenvalue weighted by Gasteiger charge is -2.27. The fourth-order valence-corrected chi connectivity index (χ4v) is 1.98. The molecule has 2 N–H and O–H groups in total. The van der Waals surface area contributed by atoms with Crippen molar-refractivity contribution in [1.82, 2.24) is 0 Å². The van der Waals surface area contributed by atoms with E-state index in [2.05, 4.69) is 73.0 Å². The second-order valence-electron chi connectivity index (χ2n) is 4.88. The fraction of sp³-hybridized carbons (Fsp3) is 0.294. The minimum Gasteiger partial charge on any atom is -0.365 e. The van der Waals surface area contributed by atoms with E-state index in [4.69, 9.17) is 0 Å². The highest BCUT2D eigenvalue weighted by Crippen LogP contribution is 2.17. The highest BCUT2D eigenvalue weighted by Gasteiger charge is 2.15. The van der Waals surface area contributed by atoms with Crippen molar-refractivity contribution >= 4 is 11.4 Å². The molecule has 0 fully saturated rings. The van der Waals surface area contributed by atoms with Crippen molar-refractivity contribution in [2.24, 2.45) is 5.92 Å². The zero-order chi connectivity index (χ0) is 13.5. The Morgan fingerprint density at radius 2 is 1.21 bits per heavy atom. The average Bonchev–Trinajstić information content (AvgIpc) is 2.48. The summed E-state index contributed by atoms with van der Waals surface area (Å²) in [5.41, 5.74) is 2.30. The fourth-order valence-electron chi connectivity index (χ4n) is 1.98. The zero-order valence-electron chi connectivity index (χ0n) is 11.6. The number of hydrogen-bond acceptors (Lipinski definition) is 2. The van der Waals surface area contributed by atoms with Crippen LogP contribution in [-0.4, -0.2) is 6.17 Å². The summed E-state index contributed by atoms with van der Waals surface area (Å²) < 4.78 is 0. The molecule has 0 radical (unpaired) electrons. The van der Waals surface area contributed by atoms with Gasteiger partial charge in [0.15, 0.2) is 0 Å². The van der Waals surface area contributed by atoms with E-state index >= 15 is 0 Å². The summed E-state index contributed by atoms with van der Waals surface area (Å²) in [6.07, 6.45) is 1.36. The van der Waals surface area contributed by atoms with Crippen LogP contribution in [0.4, 0.5) is 11.4 Å². The standard InChI is InChI=1S/C17H22N2/c1-3-14(2)17(18-15-10-6-4-7-11-15)19-16-12-8-5-9-13-16/h4-14,17-19H,3H2,1-2H3. The molecule has 2 nitrogen and oxygen atoms in total. The maximum Gasteiger partial charge on any atom is 0.0989 e. The Labute approximate surface area is 115 Å². The molecular weight excluding hydrogens is 232 g/mol. The summed E-state index contributed by atoms with van der Waals surface area (Å²) in [7, 11) is 0. The maximum absolute atomic E-state index is 3.57. The van der Waals surface area contributed by atoms with E-state index in [9.17, 15) is 0 Å². The third-order valence-electron chi connectivity index (χ3n) is 3.40. The first-order chi connectivity index (χ1) is 9.29. The molecule has 100 valence electrons. The van der Waals surface area contributed by atoms with E-state index in [1.807, 2.05) is 12.1 Å². The summed E-state index contributed by atoms with van der Waals surface area (Å²) in [6.45, 7) is 4.48. The first-order valence-corrected chi connectivity index (χ1v) is 6.92. The Kier molecular flexibility index (Phi) is 4.85. The van der Waals surface area contributed by atoms with Crippen LogP contribution in [0.1, 0.15) is 20.3 Å². The number of rotatable bonds is 6. The van der Waals surface area contributed by atoms with Crippen LogP contribution in [-0.2, 0) is 0 Å². The van der Waals surface area contributed by atoms with Crippen LogP contribution in [0.5, 0.6) is 0 Å². The Hall–Kier alpha value is -1.96. The van der Waals surface area contributed by atoms with Crippen molar-refractivity contribution in [3.8, 4) is 0 Å². The third kappa shape index (κ3) is 4.02. The topological polar surface area (TPSA) is 24.1 Å². The summed E-state index contributed by atoms with van der Waals surface area (Å²) in [4.78, 5) is 0. The molecule has 0 heterocycles. The number of hydrogen-bond donors (Lipinski definition) is 2. The van der Waals surface area contributed by atoms with E-state index in [0.717, 1.165) is 17.8 Å². The Morgan fingerprint density at radius 1 is 0.789 bits per heavy atom. The SMILES string of the molecule is CCC(C)C(Nc1ccccc1)Nc1ccccc1. The van der Waals surface area contributed by atoms with Crippen LogP contribution in [0.2, 0.25) is 0 Å². The van der Waals surface area contributed by atoms with Crippen molar-refractivity contribution in [1.29, 1.82) is 0 Å². The largest absolute Gasteiger partial charge is 0.365 e. The molecule has 2 aromatic carbocycles. The Balaban J connectivity index is 2.08. The molecule has 0 amide bonds. The van der Waals surface area contributed by atoms with Gasteiger partial charge >= 0.3 is 0 Å². The molecule has 0 spiro atoms. The molecule has 0 aromatic heterocycles. The lowest BCUT2D eigenvalue weighted by atomic mass is 10.0. The number of nitrogens with one attached hydrogen (secondary N) is 2. The van der Waals surface area contributed by atoms with E-state index in [0.29, 0.717) is 5.92 Å².